The average Bonchev–Trinajstić information content (AvgIpc) is 3.18. The van der Waals surface area contributed by atoms with Crippen molar-refractivity contribution < 1.29 is 14.3 Å². The van der Waals surface area contributed by atoms with Crippen molar-refractivity contribution in [1.29, 1.82) is 0 Å². The number of hydrogen-bond donors (Lipinski definition) is 2. The quantitative estimate of drug-likeness (QED) is 0.330. The Morgan fingerprint density at radius 1 is 1.21 bits per heavy atom. The van der Waals surface area contributed by atoms with Gasteiger partial charge in [-0.2, -0.15) is 5.10 Å². The fraction of sp³-hybridized carbons (Fsp3) is 0.304. The highest BCUT2D eigenvalue weighted by Gasteiger charge is 2.16. The summed E-state index contributed by atoms with van der Waals surface area (Å²) in [6.07, 6.45) is 2.13. The fourth-order valence-corrected chi connectivity index (χ4v) is 4.03. The van der Waals surface area contributed by atoms with E-state index in [1.807, 2.05) is 61.7 Å². The molecule has 3 rings (SSSR count). The second kappa shape index (κ2) is 11.7. The van der Waals surface area contributed by atoms with Gasteiger partial charge in [-0.05, 0) is 61.8 Å². The Balaban J connectivity index is 1.59. The lowest BCUT2D eigenvalue weighted by molar-refractivity contribution is -0.133. The predicted molar refractivity (Wildman–Crippen MR) is 133 cm³/mol. The zero-order valence-electron chi connectivity index (χ0n) is 18.8. The number of aromatic nitrogens is 3. The van der Waals surface area contributed by atoms with Crippen LogP contribution < -0.4 is 10.1 Å². The lowest BCUT2D eigenvalue weighted by atomic mass is 10.2. The molecule has 0 aliphatic rings. The Kier molecular flexibility index (Phi) is 8.67. The second-order valence-corrected chi connectivity index (χ2v) is 8.44. The minimum Gasteiger partial charge on any atom is -0.494 e. The van der Waals surface area contributed by atoms with Crippen molar-refractivity contribution in [2.24, 2.45) is 0 Å². The third-order valence-electron chi connectivity index (χ3n) is 4.92. The number of aromatic amines is 1. The number of nitrogens with zero attached hydrogens (tertiary/aromatic N) is 3. The van der Waals surface area contributed by atoms with E-state index in [2.05, 4.69) is 15.5 Å². The van der Waals surface area contributed by atoms with Crippen LogP contribution in [-0.2, 0) is 16.1 Å². The first-order valence-corrected chi connectivity index (χ1v) is 12.1. The van der Waals surface area contributed by atoms with E-state index >= 15 is 0 Å². The Labute approximate surface area is 202 Å². The smallest absolute Gasteiger partial charge is 0.244 e. The molecule has 0 aliphatic heterocycles. The minimum atomic E-state index is -0.248. The Morgan fingerprint density at radius 3 is 2.64 bits per heavy atom. The topological polar surface area (TPSA) is 92.2 Å². The van der Waals surface area contributed by atoms with Gasteiger partial charge in [0, 0.05) is 30.5 Å². The molecule has 0 aliphatic carbocycles. The molecule has 33 heavy (non-hydrogen) atoms. The Morgan fingerprint density at radius 2 is 1.94 bits per heavy atom. The van der Waals surface area contributed by atoms with Crippen LogP contribution in [0.5, 0.6) is 5.75 Å². The van der Waals surface area contributed by atoms with Gasteiger partial charge in [0.2, 0.25) is 11.8 Å². The number of hydrogen-bond acceptors (Lipinski definition) is 6. The van der Waals surface area contributed by atoms with Crippen LogP contribution in [0.15, 0.2) is 53.4 Å². The number of nitrogens with one attached hydrogen (secondary N) is 2. The number of ether oxygens (including phenoxy) is 1. The first kappa shape index (κ1) is 24.5. The van der Waals surface area contributed by atoms with E-state index in [-0.39, 0.29) is 24.8 Å². The highest BCUT2D eigenvalue weighted by Crippen LogP contribution is 2.24. The van der Waals surface area contributed by atoms with E-state index in [4.69, 9.17) is 17.0 Å². The summed E-state index contributed by atoms with van der Waals surface area (Å²) in [5.74, 6) is 1.01. The first-order chi connectivity index (χ1) is 15.9. The molecule has 0 atom stereocenters. The third-order valence-corrected chi connectivity index (χ3v) is 6.03. The van der Waals surface area contributed by atoms with Crippen LogP contribution in [0.2, 0.25) is 0 Å². The molecular weight excluding hydrogens is 458 g/mol. The summed E-state index contributed by atoms with van der Waals surface area (Å²) in [6.45, 7) is 2.83. The predicted octanol–water partition coefficient (Wildman–Crippen LogP) is 4.22. The summed E-state index contributed by atoms with van der Waals surface area (Å²) < 4.78 is 7.69. The molecule has 3 aromatic rings. The standard InChI is InChI=1S/C23H27N5O3S2/c1-4-31-17-11-9-16(10-12-17)22-25-26-23(32)28(22)14-13-21(30)27(2)15-20(29)24-18-7-5-6-8-19(18)33-3/h5-12H,4,13-15H2,1-3H3,(H,24,29)(H,26,32). The summed E-state index contributed by atoms with van der Waals surface area (Å²) >= 11 is 6.90. The van der Waals surface area contributed by atoms with Gasteiger partial charge in [-0.15, -0.1) is 11.8 Å². The molecule has 2 aromatic carbocycles. The number of carbonyl (C=O) groups excluding carboxylic acids is 2. The maximum absolute atomic E-state index is 12.7. The number of carbonyl (C=O) groups is 2. The number of amides is 2. The van der Waals surface area contributed by atoms with Gasteiger partial charge < -0.3 is 15.0 Å². The van der Waals surface area contributed by atoms with Gasteiger partial charge in [-0.3, -0.25) is 19.3 Å². The van der Waals surface area contributed by atoms with Crippen LogP contribution in [0, 0.1) is 4.77 Å². The number of likely N-dealkylation sites (N-methyl/N-ethyl adjacent to an activating group) is 1. The van der Waals surface area contributed by atoms with Crippen LogP contribution in [-0.4, -0.2) is 57.9 Å². The van der Waals surface area contributed by atoms with Gasteiger partial charge in [0.15, 0.2) is 10.6 Å². The molecule has 0 radical (unpaired) electrons. The summed E-state index contributed by atoms with van der Waals surface area (Å²) in [5.41, 5.74) is 1.60. The van der Waals surface area contributed by atoms with Crippen LogP contribution in [0.1, 0.15) is 13.3 Å². The van der Waals surface area contributed by atoms with E-state index in [1.54, 1.807) is 23.4 Å². The Bertz CT molecular complexity index is 1160. The monoisotopic (exact) mass is 485 g/mol. The summed E-state index contributed by atoms with van der Waals surface area (Å²) in [5, 5.41) is 9.97. The van der Waals surface area contributed by atoms with Crippen LogP contribution >= 0.6 is 24.0 Å². The summed E-state index contributed by atoms with van der Waals surface area (Å²) in [7, 11) is 1.62. The molecule has 1 heterocycles. The Hall–Kier alpha value is -3.11. The molecule has 2 N–H and O–H groups in total. The van der Waals surface area contributed by atoms with Crippen LogP contribution in [0.3, 0.4) is 0 Å². The number of para-hydroxylation sites is 1. The first-order valence-electron chi connectivity index (χ1n) is 10.5. The van der Waals surface area contributed by atoms with Crippen molar-refractivity contribution >= 4 is 41.5 Å². The number of H-pyrrole nitrogens is 1. The molecule has 0 unspecified atom stereocenters. The van der Waals surface area contributed by atoms with Crippen molar-refractivity contribution in [2.45, 2.75) is 24.8 Å². The molecule has 8 nitrogen and oxygen atoms in total. The summed E-state index contributed by atoms with van der Waals surface area (Å²) in [4.78, 5) is 27.5. The van der Waals surface area contributed by atoms with Crippen molar-refractivity contribution in [3.63, 3.8) is 0 Å². The highest BCUT2D eigenvalue weighted by molar-refractivity contribution is 7.98. The SMILES string of the molecule is CCOc1ccc(-c2n[nH]c(=S)n2CCC(=O)N(C)CC(=O)Nc2ccccc2SC)cc1. The van der Waals surface area contributed by atoms with E-state index in [0.717, 1.165) is 21.9 Å². The van der Waals surface area contributed by atoms with E-state index in [9.17, 15) is 9.59 Å². The molecule has 0 spiro atoms. The summed E-state index contributed by atoms with van der Waals surface area (Å²) in [6, 6.07) is 15.1. The van der Waals surface area contributed by atoms with Gasteiger partial charge in [-0.1, -0.05) is 12.1 Å². The van der Waals surface area contributed by atoms with Crippen molar-refractivity contribution in [3.8, 4) is 17.1 Å². The molecule has 0 fully saturated rings. The minimum absolute atomic E-state index is 0.0376. The molecule has 1 aromatic heterocycles. The average molecular weight is 486 g/mol. The van der Waals surface area contributed by atoms with Crippen LogP contribution in [0.4, 0.5) is 5.69 Å². The molecule has 174 valence electrons. The van der Waals surface area contributed by atoms with E-state index in [1.165, 1.54) is 4.90 Å². The zero-order valence-corrected chi connectivity index (χ0v) is 20.5. The second-order valence-electron chi connectivity index (χ2n) is 7.21. The normalized spacial score (nSPS) is 10.6. The largest absolute Gasteiger partial charge is 0.494 e. The van der Waals surface area contributed by atoms with Crippen molar-refractivity contribution in [1.82, 2.24) is 19.7 Å². The lowest BCUT2D eigenvalue weighted by Gasteiger charge is -2.18. The van der Waals surface area contributed by atoms with Crippen molar-refractivity contribution in [3.05, 3.63) is 53.3 Å². The van der Waals surface area contributed by atoms with Gasteiger partial charge in [-0.25, -0.2) is 0 Å². The fourth-order valence-electron chi connectivity index (χ4n) is 3.25. The zero-order chi connectivity index (χ0) is 23.8. The molecule has 10 heteroatoms. The maximum Gasteiger partial charge on any atom is 0.244 e. The van der Waals surface area contributed by atoms with Gasteiger partial charge in [0.05, 0.1) is 18.8 Å². The molecule has 0 bridgehead atoms. The highest BCUT2D eigenvalue weighted by atomic mass is 32.2. The number of rotatable bonds is 10. The molecule has 2 amide bonds. The maximum atomic E-state index is 12.7. The molecule has 0 saturated heterocycles. The van der Waals surface area contributed by atoms with Crippen molar-refractivity contribution in [2.75, 3.05) is 31.8 Å². The number of thioether (sulfide) groups is 1. The molecule has 0 saturated carbocycles. The van der Waals surface area contributed by atoms with Gasteiger partial charge >= 0.3 is 0 Å². The third kappa shape index (κ3) is 6.45. The molecular formula is C23H27N5O3S2. The van der Waals surface area contributed by atoms with E-state index < -0.39 is 0 Å². The van der Waals surface area contributed by atoms with Crippen LogP contribution in [0.25, 0.3) is 11.4 Å². The number of benzene rings is 2. The van der Waals surface area contributed by atoms with Gasteiger partial charge in [0.25, 0.3) is 0 Å². The van der Waals surface area contributed by atoms with E-state index in [0.29, 0.717) is 23.7 Å². The van der Waals surface area contributed by atoms with Gasteiger partial charge in [0.1, 0.15) is 5.75 Å². The lowest BCUT2D eigenvalue weighted by Crippen LogP contribution is -2.35. The number of anilines is 1.